The Labute approximate surface area is 121 Å². The Hall–Kier alpha value is -2.07. The fourth-order valence-corrected chi connectivity index (χ4v) is 2.46. The Bertz CT molecular complexity index is 537. The van der Waals surface area contributed by atoms with Crippen molar-refractivity contribution in [3.8, 4) is 6.07 Å². The summed E-state index contributed by atoms with van der Waals surface area (Å²) in [5.41, 5.74) is 0.103. The van der Waals surface area contributed by atoms with Crippen LogP contribution in [0.3, 0.4) is 0 Å². The minimum absolute atomic E-state index is 0.0150. The normalized spacial score (nSPS) is 21.8. The molecule has 1 aliphatic carbocycles. The number of nitriles is 1. The third kappa shape index (κ3) is 3.71. The van der Waals surface area contributed by atoms with E-state index >= 15 is 0 Å². The van der Waals surface area contributed by atoms with Crippen LogP contribution in [0.25, 0.3) is 0 Å². The first kappa shape index (κ1) is 14.3. The van der Waals surface area contributed by atoms with E-state index < -0.39 is 6.09 Å². The highest BCUT2D eigenvalue weighted by Gasteiger charge is 2.22. The van der Waals surface area contributed by atoms with Crippen molar-refractivity contribution in [1.82, 2.24) is 15.3 Å². The van der Waals surface area contributed by atoms with Crippen molar-refractivity contribution in [3.05, 3.63) is 17.0 Å². The van der Waals surface area contributed by atoms with Gasteiger partial charge >= 0.3 is 6.09 Å². The van der Waals surface area contributed by atoms with Crippen LogP contribution in [-0.2, 0) is 0 Å². The number of hydrogen-bond donors (Lipinski definition) is 3. The van der Waals surface area contributed by atoms with Crippen molar-refractivity contribution < 1.29 is 9.90 Å². The highest BCUT2D eigenvalue weighted by Crippen LogP contribution is 2.22. The summed E-state index contributed by atoms with van der Waals surface area (Å²) in [6.45, 7) is 0. The number of carbonyl (C=O) groups is 1. The molecular formula is C12H14ClN5O2. The lowest BCUT2D eigenvalue weighted by molar-refractivity contribution is 0.185. The minimum atomic E-state index is -0.980. The number of nitrogens with one attached hydrogen (secondary N) is 2. The molecule has 1 aromatic rings. The number of rotatable bonds is 3. The Kier molecular flexibility index (Phi) is 4.58. The second-order valence-electron chi connectivity index (χ2n) is 4.65. The zero-order valence-corrected chi connectivity index (χ0v) is 11.4. The van der Waals surface area contributed by atoms with Gasteiger partial charge in [-0.15, -0.1) is 0 Å². The molecule has 0 atom stereocenters. The van der Waals surface area contributed by atoms with E-state index in [1.54, 1.807) is 0 Å². The van der Waals surface area contributed by atoms with Gasteiger partial charge in [0.2, 0.25) is 0 Å². The fraction of sp³-hybridized carbons (Fsp3) is 0.500. The minimum Gasteiger partial charge on any atom is -0.465 e. The summed E-state index contributed by atoms with van der Waals surface area (Å²) in [6, 6.07) is 2.08. The van der Waals surface area contributed by atoms with Crippen molar-refractivity contribution in [1.29, 1.82) is 5.26 Å². The Morgan fingerprint density at radius 3 is 2.60 bits per heavy atom. The van der Waals surface area contributed by atoms with Crippen LogP contribution >= 0.6 is 11.6 Å². The number of amides is 1. The van der Waals surface area contributed by atoms with E-state index in [-0.39, 0.29) is 22.9 Å². The summed E-state index contributed by atoms with van der Waals surface area (Å²) in [5.74, 6) is 0.531. The fourth-order valence-electron chi connectivity index (χ4n) is 2.28. The van der Waals surface area contributed by atoms with Crippen LogP contribution in [0.5, 0.6) is 0 Å². The third-order valence-electron chi connectivity index (χ3n) is 3.24. The lowest BCUT2D eigenvalue weighted by Crippen LogP contribution is -2.39. The third-order valence-corrected chi connectivity index (χ3v) is 3.51. The van der Waals surface area contributed by atoms with Crippen molar-refractivity contribution in [3.63, 3.8) is 0 Å². The Balaban J connectivity index is 1.88. The molecule has 2 rings (SSSR count). The van der Waals surface area contributed by atoms with E-state index in [4.69, 9.17) is 22.0 Å². The summed E-state index contributed by atoms with van der Waals surface area (Å²) < 4.78 is 0. The molecule has 0 bridgehead atoms. The number of nitrogens with zero attached hydrogens (tertiary/aromatic N) is 3. The maximum Gasteiger partial charge on any atom is 0.404 e. The van der Waals surface area contributed by atoms with Crippen LogP contribution in [0, 0.1) is 11.3 Å². The smallest absolute Gasteiger partial charge is 0.404 e. The number of halogens is 1. The maximum absolute atomic E-state index is 10.6. The number of hydrogen-bond acceptors (Lipinski definition) is 5. The lowest BCUT2D eigenvalue weighted by atomic mass is 9.91. The molecule has 0 aromatic carbocycles. The van der Waals surface area contributed by atoms with Crippen molar-refractivity contribution in [2.45, 2.75) is 37.8 Å². The van der Waals surface area contributed by atoms with Crippen LogP contribution in [-0.4, -0.2) is 33.3 Å². The predicted octanol–water partition coefficient (Wildman–Crippen LogP) is 1.99. The summed E-state index contributed by atoms with van der Waals surface area (Å²) in [6.07, 6.45) is 3.73. The Morgan fingerprint density at radius 2 is 2.05 bits per heavy atom. The lowest BCUT2D eigenvalue weighted by Gasteiger charge is -2.29. The van der Waals surface area contributed by atoms with E-state index in [2.05, 4.69) is 20.6 Å². The SMILES string of the molecule is N#Cc1ncc(N[C@H]2CC[C@H](NC(=O)O)CC2)nc1Cl. The van der Waals surface area contributed by atoms with Crippen LogP contribution in [0.1, 0.15) is 31.4 Å². The average Bonchev–Trinajstić information content (AvgIpc) is 2.41. The summed E-state index contributed by atoms with van der Waals surface area (Å²) >= 11 is 5.82. The second-order valence-corrected chi connectivity index (χ2v) is 5.01. The van der Waals surface area contributed by atoms with Gasteiger partial charge < -0.3 is 15.7 Å². The van der Waals surface area contributed by atoms with Gasteiger partial charge in [0.1, 0.15) is 11.9 Å². The van der Waals surface area contributed by atoms with Crippen molar-refractivity contribution >= 4 is 23.5 Å². The molecule has 1 heterocycles. The molecule has 106 valence electrons. The highest BCUT2D eigenvalue weighted by molar-refractivity contribution is 6.30. The van der Waals surface area contributed by atoms with Crippen LogP contribution in [0.15, 0.2) is 6.20 Å². The molecule has 0 saturated heterocycles. The molecule has 20 heavy (non-hydrogen) atoms. The van der Waals surface area contributed by atoms with E-state index in [9.17, 15) is 4.79 Å². The largest absolute Gasteiger partial charge is 0.465 e. The first-order valence-electron chi connectivity index (χ1n) is 6.27. The van der Waals surface area contributed by atoms with E-state index in [0.29, 0.717) is 5.82 Å². The zero-order valence-electron chi connectivity index (χ0n) is 10.6. The van der Waals surface area contributed by atoms with Gasteiger partial charge in [-0.25, -0.2) is 14.8 Å². The van der Waals surface area contributed by atoms with Gasteiger partial charge in [0, 0.05) is 12.1 Å². The topological polar surface area (TPSA) is 111 Å². The maximum atomic E-state index is 10.6. The van der Waals surface area contributed by atoms with E-state index in [0.717, 1.165) is 25.7 Å². The molecule has 1 saturated carbocycles. The number of carboxylic acid groups (broad SMARTS) is 1. The summed E-state index contributed by atoms with van der Waals surface area (Å²) in [4.78, 5) is 18.5. The van der Waals surface area contributed by atoms with Gasteiger partial charge in [-0.05, 0) is 25.7 Å². The molecule has 1 aromatic heterocycles. The van der Waals surface area contributed by atoms with Crippen LogP contribution < -0.4 is 10.6 Å². The van der Waals surface area contributed by atoms with Crippen molar-refractivity contribution in [2.75, 3.05) is 5.32 Å². The quantitative estimate of drug-likeness (QED) is 0.786. The van der Waals surface area contributed by atoms with E-state index in [1.807, 2.05) is 6.07 Å². The monoisotopic (exact) mass is 295 g/mol. The molecule has 8 heteroatoms. The molecule has 1 fully saturated rings. The molecule has 3 N–H and O–H groups in total. The molecule has 0 unspecified atom stereocenters. The van der Waals surface area contributed by atoms with Gasteiger partial charge in [-0.1, -0.05) is 11.6 Å². The van der Waals surface area contributed by atoms with Crippen LogP contribution in [0.2, 0.25) is 5.15 Å². The molecule has 0 aliphatic heterocycles. The highest BCUT2D eigenvalue weighted by atomic mass is 35.5. The average molecular weight is 296 g/mol. The Morgan fingerprint density at radius 1 is 1.40 bits per heavy atom. The molecule has 7 nitrogen and oxygen atoms in total. The summed E-state index contributed by atoms with van der Waals surface area (Å²) in [5, 5.41) is 23.2. The summed E-state index contributed by atoms with van der Waals surface area (Å²) in [7, 11) is 0. The second kappa shape index (κ2) is 6.39. The molecule has 0 spiro atoms. The standard InChI is InChI=1S/C12H14ClN5O2/c13-11-9(5-14)15-6-10(18-11)16-7-1-3-8(4-2-7)17-12(19)20/h6-8,17H,1-4H2,(H,16,18)(H,19,20)/t7-,8-. The zero-order chi connectivity index (χ0) is 14.5. The number of aromatic nitrogens is 2. The molecule has 1 aliphatic rings. The van der Waals surface area contributed by atoms with Gasteiger partial charge in [0.05, 0.1) is 6.20 Å². The van der Waals surface area contributed by atoms with Crippen molar-refractivity contribution in [2.24, 2.45) is 0 Å². The molecular weight excluding hydrogens is 282 g/mol. The van der Waals surface area contributed by atoms with E-state index in [1.165, 1.54) is 6.20 Å². The first-order valence-corrected chi connectivity index (χ1v) is 6.65. The molecule has 0 radical (unpaired) electrons. The number of anilines is 1. The van der Waals surface area contributed by atoms with Gasteiger partial charge in [0.25, 0.3) is 0 Å². The van der Waals surface area contributed by atoms with Gasteiger partial charge in [0.15, 0.2) is 10.8 Å². The van der Waals surface area contributed by atoms with Crippen LogP contribution in [0.4, 0.5) is 10.6 Å². The first-order chi connectivity index (χ1) is 9.58. The predicted molar refractivity (Wildman–Crippen MR) is 72.6 cm³/mol. The van der Waals surface area contributed by atoms with Gasteiger partial charge in [-0.2, -0.15) is 5.26 Å². The molecule has 1 amide bonds. The van der Waals surface area contributed by atoms with Gasteiger partial charge in [-0.3, -0.25) is 0 Å².